The maximum atomic E-state index is 12.0. The van der Waals surface area contributed by atoms with Gasteiger partial charge in [0.25, 0.3) is 0 Å². The highest BCUT2D eigenvalue weighted by Gasteiger charge is 2.20. The largest absolute Gasteiger partial charge is 0.462 e. The van der Waals surface area contributed by atoms with Crippen molar-refractivity contribution < 1.29 is 14.3 Å². The molecule has 1 aromatic carbocycles. The number of anilines is 1. The Morgan fingerprint density at radius 3 is 2.68 bits per heavy atom. The maximum Gasteiger partial charge on any atom is 0.343 e. The summed E-state index contributed by atoms with van der Waals surface area (Å²) >= 11 is 1.10. The van der Waals surface area contributed by atoms with Crippen molar-refractivity contribution in [3.63, 3.8) is 0 Å². The van der Waals surface area contributed by atoms with Crippen molar-refractivity contribution in [2.24, 2.45) is 0 Å². The molecule has 6 heteroatoms. The molecule has 0 aliphatic carbocycles. The summed E-state index contributed by atoms with van der Waals surface area (Å²) in [6.45, 7) is 3.75. The van der Waals surface area contributed by atoms with E-state index in [1.165, 1.54) is 0 Å². The minimum Gasteiger partial charge on any atom is -0.462 e. The van der Waals surface area contributed by atoms with E-state index in [-0.39, 0.29) is 12.5 Å². The lowest BCUT2D eigenvalue weighted by Crippen LogP contribution is -2.15. The number of carbonyl (C=O) groups is 2. The van der Waals surface area contributed by atoms with E-state index < -0.39 is 5.97 Å². The van der Waals surface area contributed by atoms with Crippen LogP contribution in [-0.2, 0) is 16.0 Å². The number of esters is 1. The van der Waals surface area contributed by atoms with E-state index >= 15 is 0 Å². The Morgan fingerprint density at radius 1 is 1.27 bits per heavy atom. The summed E-state index contributed by atoms with van der Waals surface area (Å²) in [7, 11) is 0. The van der Waals surface area contributed by atoms with E-state index in [0.717, 1.165) is 17.1 Å². The van der Waals surface area contributed by atoms with Gasteiger partial charge in [0.2, 0.25) is 5.91 Å². The van der Waals surface area contributed by atoms with Crippen molar-refractivity contribution in [1.82, 2.24) is 4.37 Å². The normalized spacial score (nSPS) is 10.3. The summed E-state index contributed by atoms with van der Waals surface area (Å²) in [5, 5.41) is 3.21. The number of ether oxygens (including phenoxy) is 1. The molecule has 0 unspecified atom stereocenters. The number of nitrogens with zero attached hydrogens (tertiary/aromatic N) is 1. The highest BCUT2D eigenvalue weighted by molar-refractivity contribution is 7.11. The summed E-state index contributed by atoms with van der Waals surface area (Å²) in [4.78, 5) is 23.9. The Balaban J connectivity index is 1.98. The fourth-order valence-corrected chi connectivity index (χ4v) is 2.79. The number of rotatable bonds is 6. The van der Waals surface area contributed by atoms with Crippen molar-refractivity contribution in [2.45, 2.75) is 26.7 Å². The number of aryl methyl sites for hydroxylation is 2. The molecule has 1 aromatic heterocycles. The minimum absolute atomic E-state index is 0.141. The van der Waals surface area contributed by atoms with Crippen molar-refractivity contribution >= 4 is 28.4 Å². The van der Waals surface area contributed by atoms with E-state index in [0.29, 0.717) is 29.1 Å². The van der Waals surface area contributed by atoms with Crippen LogP contribution in [0.25, 0.3) is 0 Å². The number of carbonyl (C=O) groups excluding carboxylic acids is 2. The van der Waals surface area contributed by atoms with Gasteiger partial charge in [-0.1, -0.05) is 30.3 Å². The molecule has 2 aromatic rings. The summed E-state index contributed by atoms with van der Waals surface area (Å²) in [6, 6.07) is 9.79. The van der Waals surface area contributed by atoms with Gasteiger partial charge in [0.1, 0.15) is 10.6 Å². The third-order valence-corrected chi connectivity index (χ3v) is 3.93. The standard InChI is InChI=1S/C16H18N2O3S/c1-3-21-16(20)14-11(2)18-22-15(14)17-13(19)10-9-12-7-5-4-6-8-12/h4-8H,3,9-10H2,1-2H3,(H,17,19). The quantitative estimate of drug-likeness (QED) is 0.831. The minimum atomic E-state index is -0.452. The molecule has 0 saturated carbocycles. The highest BCUT2D eigenvalue weighted by atomic mass is 32.1. The lowest BCUT2D eigenvalue weighted by Gasteiger charge is -2.06. The molecule has 0 radical (unpaired) electrons. The first-order valence-electron chi connectivity index (χ1n) is 7.09. The van der Waals surface area contributed by atoms with E-state index in [9.17, 15) is 9.59 Å². The van der Waals surface area contributed by atoms with Gasteiger partial charge in [0.05, 0.1) is 12.3 Å². The third-order valence-electron chi connectivity index (χ3n) is 3.08. The zero-order chi connectivity index (χ0) is 15.9. The smallest absolute Gasteiger partial charge is 0.343 e. The molecular formula is C16H18N2O3S. The van der Waals surface area contributed by atoms with Crippen molar-refractivity contribution in [1.29, 1.82) is 0 Å². The molecule has 116 valence electrons. The Morgan fingerprint density at radius 2 is 2.00 bits per heavy atom. The fourth-order valence-electron chi connectivity index (χ4n) is 1.99. The molecule has 0 atom stereocenters. The number of hydrogen-bond donors (Lipinski definition) is 1. The van der Waals surface area contributed by atoms with Gasteiger partial charge in [-0.15, -0.1) is 0 Å². The fraction of sp³-hybridized carbons (Fsp3) is 0.312. The molecule has 2 rings (SSSR count). The molecule has 1 heterocycles. The van der Waals surface area contributed by atoms with Crippen LogP contribution in [0, 0.1) is 6.92 Å². The third kappa shape index (κ3) is 4.14. The lowest BCUT2D eigenvalue weighted by atomic mass is 10.1. The Hall–Kier alpha value is -2.21. The van der Waals surface area contributed by atoms with Crippen LogP contribution in [0.1, 0.15) is 35.0 Å². The summed E-state index contributed by atoms with van der Waals surface area (Å²) in [6.07, 6.45) is 1.00. The summed E-state index contributed by atoms with van der Waals surface area (Å²) in [5.74, 6) is -0.592. The molecular weight excluding hydrogens is 300 g/mol. The van der Waals surface area contributed by atoms with Crippen LogP contribution in [0.4, 0.5) is 5.00 Å². The molecule has 0 fully saturated rings. The first-order chi connectivity index (χ1) is 10.6. The average Bonchev–Trinajstić information content (AvgIpc) is 2.87. The number of aromatic nitrogens is 1. The predicted molar refractivity (Wildman–Crippen MR) is 86.2 cm³/mol. The van der Waals surface area contributed by atoms with Gasteiger partial charge >= 0.3 is 5.97 Å². The average molecular weight is 318 g/mol. The Labute approximate surface area is 133 Å². The van der Waals surface area contributed by atoms with Gasteiger partial charge in [0.15, 0.2) is 0 Å². The first-order valence-corrected chi connectivity index (χ1v) is 7.86. The second-order valence-electron chi connectivity index (χ2n) is 4.73. The van der Waals surface area contributed by atoms with Gasteiger partial charge in [-0.2, -0.15) is 4.37 Å². The number of nitrogens with one attached hydrogen (secondary N) is 1. The van der Waals surface area contributed by atoms with E-state index in [2.05, 4.69) is 9.69 Å². The first kappa shape index (κ1) is 16.2. The van der Waals surface area contributed by atoms with Crippen molar-refractivity contribution in [3.05, 3.63) is 47.2 Å². The summed E-state index contributed by atoms with van der Waals surface area (Å²) < 4.78 is 9.11. The zero-order valence-electron chi connectivity index (χ0n) is 12.6. The molecule has 1 amide bonds. The van der Waals surface area contributed by atoms with Crippen LogP contribution < -0.4 is 5.32 Å². The molecule has 0 spiro atoms. The van der Waals surface area contributed by atoms with Crippen LogP contribution in [0.5, 0.6) is 0 Å². The molecule has 0 aliphatic heterocycles. The van der Waals surface area contributed by atoms with Crippen LogP contribution >= 0.6 is 11.5 Å². The van der Waals surface area contributed by atoms with Gasteiger partial charge in [-0.25, -0.2) is 4.79 Å². The molecule has 0 aliphatic rings. The Kier molecular flexibility index (Phi) is 5.66. The Bertz CT molecular complexity index is 653. The molecule has 5 nitrogen and oxygen atoms in total. The number of benzene rings is 1. The van der Waals surface area contributed by atoms with E-state index in [1.807, 2.05) is 30.3 Å². The van der Waals surface area contributed by atoms with Gasteiger partial charge < -0.3 is 10.1 Å². The van der Waals surface area contributed by atoms with E-state index in [4.69, 9.17) is 4.74 Å². The number of amides is 1. The number of hydrogen-bond acceptors (Lipinski definition) is 5. The van der Waals surface area contributed by atoms with Gasteiger partial charge in [-0.05, 0) is 37.4 Å². The zero-order valence-corrected chi connectivity index (χ0v) is 13.4. The second kappa shape index (κ2) is 7.70. The van der Waals surface area contributed by atoms with Crippen LogP contribution in [-0.4, -0.2) is 22.9 Å². The summed E-state index contributed by atoms with van der Waals surface area (Å²) in [5.41, 5.74) is 2.02. The maximum absolute atomic E-state index is 12.0. The molecule has 0 saturated heterocycles. The SMILES string of the molecule is CCOC(=O)c1c(C)nsc1NC(=O)CCc1ccccc1. The monoisotopic (exact) mass is 318 g/mol. The van der Waals surface area contributed by atoms with Gasteiger partial charge in [0, 0.05) is 6.42 Å². The van der Waals surface area contributed by atoms with E-state index in [1.54, 1.807) is 13.8 Å². The topological polar surface area (TPSA) is 68.3 Å². The molecule has 22 heavy (non-hydrogen) atoms. The van der Waals surface area contributed by atoms with Crippen LogP contribution in [0.3, 0.4) is 0 Å². The second-order valence-corrected chi connectivity index (χ2v) is 5.50. The van der Waals surface area contributed by atoms with Gasteiger partial charge in [-0.3, -0.25) is 4.79 Å². The molecule has 1 N–H and O–H groups in total. The lowest BCUT2D eigenvalue weighted by molar-refractivity contribution is -0.116. The van der Waals surface area contributed by atoms with Crippen molar-refractivity contribution in [3.8, 4) is 0 Å². The van der Waals surface area contributed by atoms with Crippen LogP contribution in [0.15, 0.2) is 30.3 Å². The van der Waals surface area contributed by atoms with Crippen molar-refractivity contribution in [2.75, 3.05) is 11.9 Å². The van der Waals surface area contributed by atoms with Crippen LogP contribution in [0.2, 0.25) is 0 Å². The highest BCUT2D eigenvalue weighted by Crippen LogP contribution is 2.25. The molecule has 0 bridgehead atoms. The predicted octanol–water partition coefficient (Wildman–Crippen LogP) is 3.20.